The molecule has 1 aromatic carbocycles. The average Bonchev–Trinajstić information content (AvgIpc) is 2.75. The van der Waals surface area contributed by atoms with Gasteiger partial charge in [-0.1, -0.05) is 23.8 Å². The SMILES string of the molecule is Cc1ccc(C(N)CN2CCCC2CN(C)C)c(C)c1. The Balaban J connectivity index is 2.01. The Bertz CT molecular complexity index is 442. The van der Waals surface area contributed by atoms with E-state index >= 15 is 0 Å². The maximum Gasteiger partial charge on any atom is 0.0427 e. The van der Waals surface area contributed by atoms with Crippen molar-refractivity contribution in [1.29, 1.82) is 0 Å². The van der Waals surface area contributed by atoms with E-state index in [9.17, 15) is 0 Å². The lowest BCUT2D eigenvalue weighted by Crippen LogP contribution is -2.41. The molecule has 1 aliphatic rings. The van der Waals surface area contributed by atoms with E-state index in [4.69, 9.17) is 5.73 Å². The molecule has 112 valence electrons. The van der Waals surface area contributed by atoms with Crippen LogP contribution in [-0.4, -0.2) is 49.6 Å². The van der Waals surface area contributed by atoms with Crippen molar-refractivity contribution in [3.63, 3.8) is 0 Å². The topological polar surface area (TPSA) is 32.5 Å². The predicted octanol–water partition coefficient (Wildman–Crippen LogP) is 2.33. The summed E-state index contributed by atoms with van der Waals surface area (Å²) >= 11 is 0. The zero-order chi connectivity index (χ0) is 14.7. The minimum atomic E-state index is 0.123. The standard InChI is InChI=1S/C17H29N3/c1-13-7-8-16(14(2)10-13)17(18)12-20-9-5-6-15(20)11-19(3)4/h7-8,10,15,17H,5-6,9,11-12,18H2,1-4H3. The molecule has 0 radical (unpaired) electrons. The first-order valence-electron chi connectivity index (χ1n) is 7.69. The van der Waals surface area contributed by atoms with Crippen LogP contribution in [0.4, 0.5) is 0 Å². The van der Waals surface area contributed by atoms with Crippen molar-refractivity contribution in [1.82, 2.24) is 9.80 Å². The van der Waals surface area contributed by atoms with Gasteiger partial charge in [0.05, 0.1) is 0 Å². The lowest BCUT2D eigenvalue weighted by atomic mass is 9.99. The molecular formula is C17H29N3. The number of hydrogen-bond donors (Lipinski definition) is 1. The molecule has 1 fully saturated rings. The summed E-state index contributed by atoms with van der Waals surface area (Å²) in [5.41, 5.74) is 10.4. The summed E-state index contributed by atoms with van der Waals surface area (Å²) in [7, 11) is 4.31. The van der Waals surface area contributed by atoms with E-state index in [1.54, 1.807) is 0 Å². The van der Waals surface area contributed by atoms with Crippen molar-refractivity contribution < 1.29 is 0 Å². The number of rotatable bonds is 5. The van der Waals surface area contributed by atoms with Gasteiger partial charge in [-0.3, -0.25) is 4.90 Å². The van der Waals surface area contributed by atoms with Crippen molar-refractivity contribution in [2.75, 3.05) is 33.7 Å². The highest BCUT2D eigenvalue weighted by Gasteiger charge is 2.26. The summed E-state index contributed by atoms with van der Waals surface area (Å²) in [6, 6.07) is 7.40. The van der Waals surface area contributed by atoms with Crippen LogP contribution in [0.5, 0.6) is 0 Å². The molecule has 0 aliphatic carbocycles. The van der Waals surface area contributed by atoms with Crippen LogP contribution in [0.3, 0.4) is 0 Å². The molecule has 2 N–H and O–H groups in total. The Kier molecular flexibility index (Phi) is 5.19. The quantitative estimate of drug-likeness (QED) is 0.895. The Labute approximate surface area is 123 Å². The van der Waals surface area contributed by atoms with Crippen LogP contribution in [0.1, 0.15) is 35.6 Å². The van der Waals surface area contributed by atoms with Crippen LogP contribution in [0, 0.1) is 13.8 Å². The van der Waals surface area contributed by atoms with Crippen LogP contribution < -0.4 is 5.73 Å². The lowest BCUT2D eigenvalue weighted by molar-refractivity contribution is 0.198. The van der Waals surface area contributed by atoms with Gasteiger partial charge in [0, 0.05) is 25.2 Å². The summed E-state index contributed by atoms with van der Waals surface area (Å²) in [5, 5.41) is 0. The predicted molar refractivity (Wildman–Crippen MR) is 86.0 cm³/mol. The monoisotopic (exact) mass is 275 g/mol. The molecule has 0 aromatic heterocycles. The van der Waals surface area contributed by atoms with E-state index in [0.29, 0.717) is 6.04 Å². The van der Waals surface area contributed by atoms with Gasteiger partial charge in [-0.25, -0.2) is 0 Å². The van der Waals surface area contributed by atoms with E-state index in [0.717, 1.165) is 13.1 Å². The van der Waals surface area contributed by atoms with Crippen LogP contribution in [0.15, 0.2) is 18.2 Å². The van der Waals surface area contributed by atoms with E-state index in [1.165, 1.54) is 36.1 Å². The largest absolute Gasteiger partial charge is 0.323 e. The first-order chi connectivity index (χ1) is 9.47. The molecule has 1 saturated heterocycles. The molecular weight excluding hydrogens is 246 g/mol. The smallest absolute Gasteiger partial charge is 0.0427 e. The van der Waals surface area contributed by atoms with Crippen LogP contribution in [0.25, 0.3) is 0 Å². The second kappa shape index (κ2) is 6.70. The number of likely N-dealkylation sites (N-methyl/N-ethyl adjacent to an activating group) is 1. The number of aryl methyl sites for hydroxylation is 2. The van der Waals surface area contributed by atoms with Crippen molar-refractivity contribution in [3.05, 3.63) is 34.9 Å². The summed E-state index contributed by atoms with van der Waals surface area (Å²) < 4.78 is 0. The van der Waals surface area contributed by atoms with Crippen molar-refractivity contribution in [2.45, 2.75) is 38.8 Å². The fraction of sp³-hybridized carbons (Fsp3) is 0.647. The third-order valence-electron chi connectivity index (χ3n) is 4.33. The number of likely N-dealkylation sites (tertiary alicyclic amines) is 1. The molecule has 20 heavy (non-hydrogen) atoms. The zero-order valence-corrected chi connectivity index (χ0v) is 13.4. The molecule has 0 amide bonds. The molecule has 2 rings (SSSR count). The van der Waals surface area contributed by atoms with Gasteiger partial charge in [0.2, 0.25) is 0 Å². The number of nitrogens with two attached hydrogens (primary N) is 1. The molecule has 0 saturated carbocycles. The second-order valence-electron chi connectivity index (χ2n) is 6.52. The molecule has 2 atom stereocenters. The number of hydrogen-bond acceptors (Lipinski definition) is 3. The Morgan fingerprint density at radius 1 is 1.35 bits per heavy atom. The molecule has 1 heterocycles. The van der Waals surface area contributed by atoms with E-state index in [2.05, 4.69) is 55.9 Å². The first-order valence-corrected chi connectivity index (χ1v) is 7.69. The van der Waals surface area contributed by atoms with E-state index < -0.39 is 0 Å². The highest BCUT2D eigenvalue weighted by Crippen LogP contribution is 2.23. The van der Waals surface area contributed by atoms with Gasteiger partial charge >= 0.3 is 0 Å². The number of nitrogens with zero attached hydrogens (tertiary/aromatic N) is 2. The van der Waals surface area contributed by atoms with Crippen molar-refractivity contribution >= 4 is 0 Å². The molecule has 0 bridgehead atoms. The minimum Gasteiger partial charge on any atom is -0.323 e. The zero-order valence-electron chi connectivity index (χ0n) is 13.4. The van der Waals surface area contributed by atoms with Gasteiger partial charge in [-0.05, 0) is 58.5 Å². The molecule has 1 aromatic rings. The summed E-state index contributed by atoms with van der Waals surface area (Å²) in [4.78, 5) is 4.86. The molecule has 1 aliphatic heterocycles. The number of benzene rings is 1. The summed E-state index contributed by atoms with van der Waals surface area (Å²) in [5.74, 6) is 0. The third kappa shape index (κ3) is 3.81. The third-order valence-corrected chi connectivity index (χ3v) is 4.33. The Morgan fingerprint density at radius 3 is 2.75 bits per heavy atom. The summed E-state index contributed by atoms with van der Waals surface area (Å²) in [6.45, 7) is 7.61. The van der Waals surface area contributed by atoms with E-state index in [1.807, 2.05) is 0 Å². The van der Waals surface area contributed by atoms with Crippen molar-refractivity contribution in [3.8, 4) is 0 Å². The maximum atomic E-state index is 6.46. The van der Waals surface area contributed by atoms with Crippen LogP contribution in [-0.2, 0) is 0 Å². The van der Waals surface area contributed by atoms with Crippen LogP contribution >= 0.6 is 0 Å². The van der Waals surface area contributed by atoms with Gasteiger partial charge in [-0.2, -0.15) is 0 Å². The van der Waals surface area contributed by atoms with Gasteiger partial charge in [0.15, 0.2) is 0 Å². The second-order valence-corrected chi connectivity index (χ2v) is 6.52. The maximum absolute atomic E-state index is 6.46. The first kappa shape index (κ1) is 15.5. The fourth-order valence-corrected chi connectivity index (χ4v) is 3.36. The van der Waals surface area contributed by atoms with Gasteiger partial charge in [-0.15, -0.1) is 0 Å². The van der Waals surface area contributed by atoms with E-state index in [-0.39, 0.29) is 6.04 Å². The Hall–Kier alpha value is -0.900. The average molecular weight is 275 g/mol. The minimum absolute atomic E-state index is 0.123. The molecule has 3 nitrogen and oxygen atoms in total. The summed E-state index contributed by atoms with van der Waals surface area (Å²) in [6.07, 6.45) is 2.61. The lowest BCUT2D eigenvalue weighted by Gasteiger charge is -2.29. The van der Waals surface area contributed by atoms with Gasteiger partial charge in [0.25, 0.3) is 0 Å². The molecule has 3 heteroatoms. The van der Waals surface area contributed by atoms with Crippen LogP contribution in [0.2, 0.25) is 0 Å². The normalized spacial score (nSPS) is 21.6. The highest BCUT2D eigenvalue weighted by atomic mass is 15.2. The van der Waals surface area contributed by atoms with Gasteiger partial charge < -0.3 is 10.6 Å². The van der Waals surface area contributed by atoms with Gasteiger partial charge in [0.1, 0.15) is 0 Å². The molecule has 0 spiro atoms. The molecule has 2 unspecified atom stereocenters. The van der Waals surface area contributed by atoms with Crippen molar-refractivity contribution in [2.24, 2.45) is 5.73 Å². The Morgan fingerprint density at radius 2 is 2.10 bits per heavy atom. The fourth-order valence-electron chi connectivity index (χ4n) is 3.36. The highest BCUT2D eigenvalue weighted by molar-refractivity contribution is 5.32.